The molecule has 0 spiro atoms. The number of carbonyl (C=O) groups excluding carboxylic acids is 1. The summed E-state index contributed by atoms with van der Waals surface area (Å²) in [5.74, 6) is -1.95. The quantitative estimate of drug-likeness (QED) is 0.479. The van der Waals surface area contributed by atoms with Gasteiger partial charge in [-0.15, -0.1) is 0 Å². The Kier molecular flexibility index (Phi) is 8.17. The van der Waals surface area contributed by atoms with E-state index >= 15 is 0 Å². The van der Waals surface area contributed by atoms with Gasteiger partial charge in [0.2, 0.25) is 0 Å². The number of ether oxygens (including phenoxy) is 2. The molecule has 0 aliphatic heterocycles. The highest BCUT2D eigenvalue weighted by Crippen LogP contribution is 2.33. The molecule has 30 heavy (non-hydrogen) atoms. The molecule has 162 valence electrons. The molecule has 3 N–H and O–H groups in total. The van der Waals surface area contributed by atoms with E-state index in [1.54, 1.807) is 6.07 Å². The maximum Gasteiger partial charge on any atom is 0.307 e. The molecule has 1 atom stereocenters. The molecule has 0 fully saturated rings. The van der Waals surface area contributed by atoms with E-state index in [9.17, 15) is 24.2 Å². The highest BCUT2D eigenvalue weighted by Gasteiger charge is 2.17. The second kappa shape index (κ2) is 10.6. The van der Waals surface area contributed by atoms with Crippen LogP contribution in [0.5, 0.6) is 17.2 Å². The minimum Gasteiger partial charge on any atom is -0.507 e. The van der Waals surface area contributed by atoms with Gasteiger partial charge in [-0.3, -0.25) is 9.59 Å². The van der Waals surface area contributed by atoms with Crippen LogP contribution in [-0.4, -0.2) is 46.4 Å². The van der Waals surface area contributed by atoms with Crippen LogP contribution in [0, 0.1) is 5.82 Å². The van der Waals surface area contributed by atoms with Gasteiger partial charge in [-0.05, 0) is 43.2 Å². The fourth-order valence-electron chi connectivity index (χ4n) is 2.89. The lowest BCUT2D eigenvalue weighted by atomic mass is 10.0. The fourth-order valence-corrected chi connectivity index (χ4v) is 2.89. The normalized spacial score (nSPS) is 11.7. The summed E-state index contributed by atoms with van der Waals surface area (Å²) in [4.78, 5) is 22.3. The van der Waals surface area contributed by atoms with E-state index in [1.807, 2.05) is 6.92 Å². The second-order valence-corrected chi connectivity index (χ2v) is 6.86. The van der Waals surface area contributed by atoms with Crippen molar-refractivity contribution in [3.63, 3.8) is 0 Å². The van der Waals surface area contributed by atoms with Crippen molar-refractivity contribution in [2.45, 2.75) is 39.2 Å². The Balaban J connectivity index is 1.98. The van der Waals surface area contributed by atoms with E-state index < -0.39 is 17.9 Å². The number of hydrogen-bond acceptors (Lipinski definition) is 6. The first-order valence-corrected chi connectivity index (χ1v) is 9.52. The maximum absolute atomic E-state index is 14.0. The van der Waals surface area contributed by atoms with Gasteiger partial charge in [0.25, 0.3) is 0 Å². The van der Waals surface area contributed by atoms with Gasteiger partial charge in [0, 0.05) is 5.56 Å². The number of aromatic hydroxyl groups is 1. The van der Waals surface area contributed by atoms with Gasteiger partial charge in [-0.25, -0.2) is 4.39 Å². The Labute approximate surface area is 173 Å². The molecule has 0 bridgehead atoms. The van der Waals surface area contributed by atoms with Crippen molar-refractivity contribution in [1.82, 2.24) is 0 Å². The average Bonchev–Trinajstić information content (AvgIpc) is 2.67. The number of aliphatic carboxylic acids is 1. The SMILES string of the molecule is CCCc1c(OCC(O)COc2ccc(CC(=O)O)cc2F)ccc(C(C)=O)c1O. The molecule has 8 heteroatoms. The van der Waals surface area contributed by atoms with Crippen LogP contribution in [0.3, 0.4) is 0 Å². The van der Waals surface area contributed by atoms with Gasteiger partial charge in [-0.2, -0.15) is 0 Å². The Morgan fingerprint density at radius 2 is 1.73 bits per heavy atom. The minimum atomic E-state index is -1.09. The average molecular weight is 420 g/mol. The number of aliphatic hydroxyl groups is 1. The van der Waals surface area contributed by atoms with Gasteiger partial charge in [0.15, 0.2) is 17.3 Å². The molecule has 0 saturated heterocycles. The van der Waals surface area contributed by atoms with Gasteiger partial charge >= 0.3 is 5.97 Å². The van der Waals surface area contributed by atoms with Crippen molar-refractivity contribution in [2.24, 2.45) is 0 Å². The molecular weight excluding hydrogens is 395 g/mol. The maximum atomic E-state index is 14.0. The summed E-state index contributed by atoms with van der Waals surface area (Å²) in [5, 5.41) is 29.2. The van der Waals surface area contributed by atoms with Crippen molar-refractivity contribution in [3.8, 4) is 17.2 Å². The summed E-state index contributed by atoms with van der Waals surface area (Å²) >= 11 is 0. The summed E-state index contributed by atoms with van der Waals surface area (Å²) in [6, 6.07) is 6.84. The van der Waals surface area contributed by atoms with E-state index in [0.29, 0.717) is 29.7 Å². The van der Waals surface area contributed by atoms with Crippen LogP contribution in [0.15, 0.2) is 30.3 Å². The number of Topliss-reactive ketones (excluding diaryl/α,β-unsaturated/α-hetero) is 1. The minimum absolute atomic E-state index is 0.113. The molecule has 2 aromatic rings. The van der Waals surface area contributed by atoms with Crippen molar-refractivity contribution >= 4 is 11.8 Å². The topological polar surface area (TPSA) is 113 Å². The zero-order chi connectivity index (χ0) is 22.3. The van der Waals surface area contributed by atoms with Crippen LogP contribution in [0.1, 0.15) is 41.8 Å². The van der Waals surface area contributed by atoms with Crippen molar-refractivity contribution in [1.29, 1.82) is 0 Å². The molecule has 0 aliphatic rings. The molecule has 0 amide bonds. The lowest BCUT2D eigenvalue weighted by Gasteiger charge is -2.17. The van der Waals surface area contributed by atoms with E-state index in [-0.39, 0.29) is 42.5 Å². The third-order valence-electron chi connectivity index (χ3n) is 4.33. The number of benzene rings is 2. The van der Waals surface area contributed by atoms with Crippen LogP contribution in [0.25, 0.3) is 0 Å². The van der Waals surface area contributed by atoms with Crippen LogP contribution >= 0.6 is 0 Å². The molecule has 0 aromatic heterocycles. The summed E-state index contributed by atoms with van der Waals surface area (Å²) in [6.45, 7) is 2.85. The number of carboxylic acid groups (broad SMARTS) is 1. The van der Waals surface area contributed by atoms with Gasteiger partial charge in [0.05, 0.1) is 12.0 Å². The number of ketones is 1. The molecule has 0 heterocycles. The van der Waals surface area contributed by atoms with E-state index in [2.05, 4.69) is 0 Å². The first-order valence-electron chi connectivity index (χ1n) is 9.52. The molecule has 0 aliphatic carbocycles. The number of rotatable bonds is 11. The number of aliphatic hydroxyl groups excluding tert-OH is 1. The Morgan fingerprint density at radius 3 is 2.30 bits per heavy atom. The Bertz CT molecular complexity index is 911. The standard InChI is InChI=1S/C22H25FO7/c1-3-4-17-19(8-6-16(13(2)24)22(17)28)29-11-15(25)12-30-20-7-5-14(9-18(20)23)10-21(26)27/h5-9,15,25,28H,3-4,10-12H2,1-2H3,(H,26,27). The first-order chi connectivity index (χ1) is 14.2. The van der Waals surface area contributed by atoms with Gasteiger partial charge in [-0.1, -0.05) is 19.4 Å². The van der Waals surface area contributed by atoms with E-state index in [1.165, 1.54) is 25.1 Å². The molecule has 0 saturated carbocycles. The lowest BCUT2D eigenvalue weighted by molar-refractivity contribution is -0.136. The monoisotopic (exact) mass is 420 g/mol. The largest absolute Gasteiger partial charge is 0.507 e. The molecule has 2 aromatic carbocycles. The van der Waals surface area contributed by atoms with Gasteiger partial charge < -0.3 is 24.8 Å². The Morgan fingerprint density at radius 1 is 1.10 bits per heavy atom. The highest BCUT2D eigenvalue weighted by molar-refractivity contribution is 5.97. The van der Waals surface area contributed by atoms with Crippen molar-refractivity contribution < 1.29 is 38.8 Å². The number of carbonyl (C=O) groups is 2. The Hall–Kier alpha value is -3.13. The molecule has 1 unspecified atom stereocenters. The zero-order valence-corrected chi connectivity index (χ0v) is 16.9. The molecular formula is C22H25FO7. The third kappa shape index (κ3) is 6.18. The predicted octanol–water partition coefficient (Wildman–Crippen LogP) is 3.13. The van der Waals surface area contributed by atoms with Crippen LogP contribution in [-0.2, 0) is 17.6 Å². The number of phenols is 1. The first kappa shape index (κ1) is 23.2. The summed E-state index contributed by atoms with van der Waals surface area (Å²) in [7, 11) is 0. The highest BCUT2D eigenvalue weighted by atomic mass is 19.1. The number of phenolic OH excluding ortho intramolecular Hbond substituents is 1. The zero-order valence-electron chi connectivity index (χ0n) is 16.9. The molecule has 2 rings (SSSR count). The molecule has 0 radical (unpaired) electrons. The number of hydrogen-bond donors (Lipinski definition) is 3. The van der Waals surface area contributed by atoms with Crippen molar-refractivity contribution in [3.05, 3.63) is 52.8 Å². The predicted molar refractivity (Wildman–Crippen MR) is 107 cm³/mol. The van der Waals surface area contributed by atoms with Gasteiger partial charge in [0.1, 0.15) is 30.8 Å². The number of carboxylic acids is 1. The lowest BCUT2D eigenvalue weighted by Crippen LogP contribution is -2.25. The van der Waals surface area contributed by atoms with Crippen LogP contribution < -0.4 is 9.47 Å². The summed E-state index contributed by atoms with van der Waals surface area (Å²) in [6.07, 6.45) is -0.188. The number of halogens is 1. The second-order valence-electron chi connectivity index (χ2n) is 6.86. The van der Waals surface area contributed by atoms with Crippen LogP contribution in [0.2, 0.25) is 0 Å². The van der Waals surface area contributed by atoms with E-state index in [0.717, 1.165) is 6.07 Å². The summed E-state index contributed by atoms with van der Waals surface area (Å²) in [5.41, 5.74) is 0.989. The third-order valence-corrected chi connectivity index (χ3v) is 4.33. The summed E-state index contributed by atoms with van der Waals surface area (Å²) < 4.78 is 24.8. The van der Waals surface area contributed by atoms with Crippen LogP contribution in [0.4, 0.5) is 4.39 Å². The molecule has 7 nitrogen and oxygen atoms in total. The fraction of sp³-hybridized carbons (Fsp3) is 0.364. The smallest absolute Gasteiger partial charge is 0.307 e. The van der Waals surface area contributed by atoms with Crippen molar-refractivity contribution in [2.75, 3.05) is 13.2 Å². The van der Waals surface area contributed by atoms with E-state index in [4.69, 9.17) is 14.6 Å².